The third kappa shape index (κ3) is 4.06. The van der Waals surface area contributed by atoms with E-state index in [-0.39, 0.29) is 12.5 Å². The van der Waals surface area contributed by atoms with Crippen LogP contribution in [0, 0.1) is 0 Å². The van der Waals surface area contributed by atoms with Crippen LogP contribution < -0.4 is 10.6 Å². The van der Waals surface area contributed by atoms with E-state index in [1.54, 1.807) is 24.3 Å². The van der Waals surface area contributed by atoms with Crippen LogP contribution in [0.2, 0.25) is 0 Å². The van der Waals surface area contributed by atoms with E-state index in [9.17, 15) is 14.7 Å². The molecule has 0 aliphatic rings. The van der Waals surface area contributed by atoms with E-state index in [0.717, 1.165) is 0 Å². The zero-order chi connectivity index (χ0) is 13.8. The van der Waals surface area contributed by atoms with Gasteiger partial charge in [-0.2, -0.15) is 0 Å². The molecular weight excluding hydrogens is 236 g/mol. The van der Waals surface area contributed by atoms with Crippen LogP contribution in [0.25, 0.3) is 0 Å². The number of aliphatic hydroxyl groups is 1. The number of carbonyl (C=O) groups is 2. The summed E-state index contributed by atoms with van der Waals surface area (Å²) in [4.78, 5) is 21.5. The van der Waals surface area contributed by atoms with Gasteiger partial charge in [-0.3, -0.25) is 4.79 Å². The minimum absolute atomic E-state index is 0.109. The van der Waals surface area contributed by atoms with Crippen LogP contribution in [0.1, 0.15) is 13.8 Å². The SMILES string of the molecule is CC(=O)Nc1ccc(NCC(C)(O)C(=O)O)cc1. The van der Waals surface area contributed by atoms with Crippen LogP contribution in [0.3, 0.4) is 0 Å². The molecule has 6 heteroatoms. The molecule has 0 aliphatic carbocycles. The lowest BCUT2D eigenvalue weighted by Gasteiger charge is -2.19. The van der Waals surface area contributed by atoms with Gasteiger partial charge >= 0.3 is 5.97 Å². The van der Waals surface area contributed by atoms with E-state index in [1.165, 1.54) is 13.8 Å². The number of nitrogens with one attached hydrogen (secondary N) is 2. The maximum absolute atomic E-state index is 10.8. The number of anilines is 2. The average Bonchev–Trinajstić information content (AvgIpc) is 2.27. The number of benzene rings is 1. The lowest BCUT2D eigenvalue weighted by atomic mass is 10.1. The number of carboxylic acids is 1. The molecule has 1 unspecified atom stereocenters. The van der Waals surface area contributed by atoms with Gasteiger partial charge in [-0.1, -0.05) is 0 Å². The maximum atomic E-state index is 10.8. The first kappa shape index (κ1) is 14.0. The van der Waals surface area contributed by atoms with Crippen molar-refractivity contribution in [1.29, 1.82) is 0 Å². The minimum Gasteiger partial charge on any atom is -0.479 e. The Hall–Kier alpha value is -2.08. The summed E-state index contributed by atoms with van der Waals surface area (Å²) in [5.41, 5.74) is -0.514. The average molecular weight is 252 g/mol. The Morgan fingerprint density at radius 2 is 1.72 bits per heavy atom. The predicted octanol–water partition coefficient (Wildman–Crippen LogP) is 0.892. The topological polar surface area (TPSA) is 98.7 Å². The quantitative estimate of drug-likeness (QED) is 0.624. The second kappa shape index (κ2) is 5.50. The predicted molar refractivity (Wildman–Crippen MR) is 67.5 cm³/mol. The van der Waals surface area contributed by atoms with Crippen LogP contribution in [0.5, 0.6) is 0 Å². The van der Waals surface area contributed by atoms with Crippen molar-refractivity contribution in [3.8, 4) is 0 Å². The van der Waals surface area contributed by atoms with Gasteiger partial charge in [0.2, 0.25) is 5.91 Å². The first-order valence-electron chi connectivity index (χ1n) is 5.38. The lowest BCUT2D eigenvalue weighted by molar-refractivity contribution is -0.155. The molecule has 0 aromatic heterocycles. The van der Waals surface area contributed by atoms with Crippen LogP contribution in [0.15, 0.2) is 24.3 Å². The number of carbonyl (C=O) groups excluding carboxylic acids is 1. The van der Waals surface area contributed by atoms with Crippen LogP contribution in [0.4, 0.5) is 11.4 Å². The molecule has 0 saturated heterocycles. The highest BCUT2D eigenvalue weighted by Crippen LogP contribution is 2.14. The summed E-state index contributed by atoms with van der Waals surface area (Å²) in [5, 5.41) is 23.6. The van der Waals surface area contributed by atoms with E-state index in [0.29, 0.717) is 11.4 Å². The molecule has 0 aliphatic heterocycles. The zero-order valence-corrected chi connectivity index (χ0v) is 10.2. The molecule has 0 radical (unpaired) electrons. The van der Waals surface area contributed by atoms with E-state index >= 15 is 0 Å². The van der Waals surface area contributed by atoms with Gasteiger partial charge in [0.05, 0.1) is 6.54 Å². The molecule has 4 N–H and O–H groups in total. The van der Waals surface area contributed by atoms with Gasteiger partial charge in [0.15, 0.2) is 5.60 Å². The summed E-state index contributed by atoms with van der Waals surface area (Å²) in [6, 6.07) is 6.73. The Bertz CT molecular complexity index is 440. The zero-order valence-electron chi connectivity index (χ0n) is 10.2. The number of rotatable bonds is 5. The fourth-order valence-corrected chi connectivity index (χ4v) is 1.22. The summed E-state index contributed by atoms with van der Waals surface area (Å²) in [7, 11) is 0. The lowest BCUT2D eigenvalue weighted by Crippen LogP contribution is -2.41. The molecule has 0 spiro atoms. The number of aliphatic carboxylic acids is 1. The fourth-order valence-electron chi connectivity index (χ4n) is 1.22. The van der Waals surface area contributed by atoms with Gasteiger partial charge in [0.25, 0.3) is 0 Å². The number of hydrogen-bond donors (Lipinski definition) is 4. The van der Waals surface area contributed by atoms with Crippen molar-refractivity contribution in [3.05, 3.63) is 24.3 Å². The van der Waals surface area contributed by atoms with Gasteiger partial charge in [-0.15, -0.1) is 0 Å². The van der Waals surface area contributed by atoms with Crippen molar-refractivity contribution >= 4 is 23.3 Å². The van der Waals surface area contributed by atoms with Crippen molar-refractivity contribution in [2.24, 2.45) is 0 Å². The van der Waals surface area contributed by atoms with Gasteiger partial charge in [-0.05, 0) is 31.2 Å². The molecule has 0 fully saturated rings. The van der Waals surface area contributed by atoms with Gasteiger partial charge < -0.3 is 20.8 Å². The fraction of sp³-hybridized carbons (Fsp3) is 0.333. The Labute approximate surface area is 105 Å². The van der Waals surface area contributed by atoms with E-state index in [4.69, 9.17) is 5.11 Å². The number of hydrogen-bond acceptors (Lipinski definition) is 4. The molecule has 6 nitrogen and oxygen atoms in total. The molecular formula is C12H16N2O4. The van der Waals surface area contributed by atoms with Crippen molar-refractivity contribution < 1.29 is 19.8 Å². The van der Waals surface area contributed by atoms with Gasteiger partial charge in [0.1, 0.15) is 0 Å². The molecule has 1 atom stereocenters. The largest absolute Gasteiger partial charge is 0.479 e. The molecule has 0 heterocycles. The molecule has 1 aromatic rings. The molecule has 1 aromatic carbocycles. The van der Waals surface area contributed by atoms with Crippen LogP contribution in [-0.2, 0) is 9.59 Å². The number of carboxylic acid groups (broad SMARTS) is 1. The summed E-state index contributed by atoms with van der Waals surface area (Å²) in [5.74, 6) is -1.45. The van der Waals surface area contributed by atoms with Crippen LogP contribution in [-0.4, -0.2) is 34.2 Å². The Morgan fingerprint density at radius 3 is 2.17 bits per heavy atom. The Balaban J connectivity index is 2.59. The van der Waals surface area contributed by atoms with Crippen molar-refractivity contribution in [2.45, 2.75) is 19.4 Å². The second-order valence-electron chi connectivity index (χ2n) is 4.19. The third-order valence-electron chi connectivity index (χ3n) is 2.30. The molecule has 18 heavy (non-hydrogen) atoms. The molecule has 0 bridgehead atoms. The number of amides is 1. The molecule has 0 saturated carbocycles. The normalized spacial score (nSPS) is 13.5. The summed E-state index contributed by atoms with van der Waals surface area (Å²) in [6.45, 7) is 2.52. The molecule has 98 valence electrons. The summed E-state index contributed by atoms with van der Waals surface area (Å²) in [6.07, 6.45) is 0. The van der Waals surface area contributed by atoms with Gasteiger partial charge in [0, 0.05) is 18.3 Å². The molecule has 1 amide bonds. The monoisotopic (exact) mass is 252 g/mol. The first-order valence-corrected chi connectivity index (χ1v) is 5.38. The second-order valence-corrected chi connectivity index (χ2v) is 4.19. The summed E-state index contributed by atoms with van der Waals surface area (Å²) < 4.78 is 0. The third-order valence-corrected chi connectivity index (χ3v) is 2.30. The standard InChI is InChI=1S/C12H16N2O4/c1-8(15)14-10-5-3-9(4-6-10)13-7-12(2,18)11(16)17/h3-6,13,18H,7H2,1-2H3,(H,14,15)(H,16,17). The highest BCUT2D eigenvalue weighted by molar-refractivity contribution is 5.88. The van der Waals surface area contributed by atoms with E-state index < -0.39 is 11.6 Å². The summed E-state index contributed by atoms with van der Waals surface area (Å²) >= 11 is 0. The Kier molecular flexibility index (Phi) is 4.28. The Morgan fingerprint density at radius 1 is 1.22 bits per heavy atom. The highest BCUT2D eigenvalue weighted by Gasteiger charge is 2.29. The van der Waals surface area contributed by atoms with E-state index in [1.807, 2.05) is 0 Å². The minimum atomic E-state index is -1.82. The van der Waals surface area contributed by atoms with Crippen molar-refractivity contribution in [3.63, 3.8) is 0 Å². The van der Waals surface area contributed by atoms with Crippen molar-refractivity contribution in [2.75, 3.05) is 17.2 Å². The first-order chi connectivity index (χ1) is 8.31. The van der Waals surface area contributed by atoms with Gasteiger partial charge in [-0.25, -0.2) is 4.79 Å². The highest BCUT2D eigenvalue weighted by atomic mass is 16.4. The molecule has 1 rings (SSSR count). The smallest absolute Gasteiger partial charge is 0.337 e. The maximum Gasteiger partial charge on any atom is 0.337 e. The van der Waals surface area contributed by atoms with Crippen molar-refractivity contribution in [1.82, 2.24) is 0 Å². The van der Waals surface area contributed by atoms with Crippen LogP contribution >= 0.6 is 0 Å². The van der Waals surface area contributed by atoms with E-state index in [2.05, 4.69) is 10.6 Å².